The monoisotopic (exact) mass is 317 g/mol. The lowest BCUT2D eigenvalue weighted by molar-refractivity contribution is -0.115. The highest BCUT2D eigenvalue weighted by molar-refractivity contribution is 7.99. The number of hydrogen-bond donors (Lipinski definition) is 1. The first kappa shape index (κ1) is 15.1. The van der Waals surface area contributed by atoms with Crippen LogP contribution < -0.4 is 5.73 Å². The number of ether oxygens (including phenoxy) is 1. The Bertz CT molecular complexity index is 636. The second kappa shape index (κ2) is 6.98. The number of imidazole rings is 1. The molecule has 0 unspecified atom stereocenters. The molecule has 3 rings (SSSR count). The Morgan fingerprint density at radius 1 is 1.41 bits per heavy atom. The highest BCUT2D eigenvalue weighted by atomic mass is 32.2. The Balaban J connectivity index is 1.89. The lowest BCUT2D eigenvalue weighted by Crippen LogP contribution is -2.18. The quantitative estimate of drug-likeness (QED) is 0.830. The second-order valence-electron chi connectivity index (χ2n) is 5.29. The van der Waals surface area contributed by atoms with E-state index in [0.29, 0.717) is 0 Å². The van der Waals surface area contributed by atoms with Gasteiger partial charge in [0.15, 0.2) is 5.16 Å². The number of nitrogens with zero attached hydrogens (tertiary/aromatic N) is 2. The van der Waals surface area contributed by atoms with Crippen LogP contribution in [0.3, 0.4) is 0 Å². The van der Waals surface area contributed by atoms with E-state index < -0.39 is 0 Å². The minimum absolute atomic E-state index is 0.213. The van der Waals surface area contributed by atoms with Crippen LogP contribution in [0, 0.1) is 0 Å². The van der Waals surface area contributed by atoms with E-state index in [1.165, 1.54) is 11.8 Å². The van der Waals surface area contributed by atoms with E-state index in [4.69, 9.17) is 10.5 Å². The summed E-state index contributed by atoms with van der Waals surface area (Å²) < 4.78 is 7.89. The zero-order valence-electron chi connectivity index (χ0n) is 12.3. The first-order valence-corrected chi connectivity index (χ1v) is 8.36. The van der Waals surface area contributed by atoms with E-state index in [0.717, 1.165) is 42.4 Å². The minimum atomic E-state index is -0.335. The molecule has 22 heavy (non-hydrogen) atoms. The summed E-state index contributed by atoms with van der Waals surface area (Å²) in [4.78, 5) is 15.5. The summed E-state index contributed by atoms with van der Waals surface area (Å²) >= 11 is 1.38. The molecule has 1 saturated heterocycles. The Morgan fingerprint density at radius 2 is 2.23 bits per heavy atom. The van der Waals surface area contributed by atoms with Gasteiger partial charge < -0.3 is 15.0 Å². The van der Waals surface area contributed by atoms with Gasteiger partial charge in [0.25, 0.3) is 0 Å². The summed E-state index contributed by atoms with van der Waals surface area (Å²) in [5.41, 5.74) is 7.41. The first-order valence-electron chi connectivity index (χ1n) is 7.37. The molecule has 1 amide bonds. The third-order valence-corrected chi connectivity index (χ3v) is 4.66. The van der Waals surface area contributed by atoms with Crippen LogP contribution in [-0.4, -0.2) is 33.9 Å². The molecule has 116 valence electrons. The predicted octanol–water partition coefficient (Wildman–Crippen LogP) is 2.31. The van der Waals surface area contributed by atoms with Crippen LogP contribution in [-0.2, 0) is 16.1 Å². The van der Waals surface area contributed by atoms with Crippen molar-refractivity contribution in [2.75, 3.05) is 12.4 Å². The first-order chi connectivity index (χ1) is 10.7. The van der Waals surface area contributed by atoms with E-state index in [1.54, 1.807) is 0 Å². The van der Waals surface area contributed by atoms with Crippen molar-refractivity contribution in [2.45, 2.75) is 30.6 Å². The van der Waals surface area contributed by atoms with Gasteiger partial charge in [-0.2, -0.15) is 0 Å². The van der Waals surface area contributed by atoms with Crippen molar-refractivity contribution in [3.8, 4) is 11.3 Å². The predicted molar refractivity (Wildman–Crippen MR) is 86.6 cm³/mol. The lowest BCUT2D eigenvalue weighted by atomic mass is 10.1. The van der Waals surface area contributed by atoms with Crippen LogP contribution >= 0.6 is 11.8 Å². The fourth-order valence-electron chi connectivity index (χ4n) is 2.62. The molecule has 1 aliphatic heterocycles. The molecule has 1 aliphatic rings. The molecule has 5 nitrogen and oxygen atoms in total. The maximum atomic E-state index is 11.0. The molecule has 6 heteroatoms. The fraction of sp³-hybridized carbons (Fsp3) is 0.375. The average molecular weight is 317 g/mol. The van der Waals surface area contributed by atoms with Gasteiger partial charge in [0.1, 0.15) is 0 Å². The molecule has 1 atom stereocenters. The number of benzene rings is 1. The molecule has 2 N–H and O–H groups in total. The number of aromatic nitrogens is 2. The number of carbonyl (C=O) groups is 1. The SMILES string of the molecule is NC(=O)CSc1ncc(-c2ccccc2)n1C[C@H]1CCCO1. The molecule has 1 fully saturated rings. The van der Waals surface area contributed by atoms with Gasteiger partial charge in [0.2, 0.25) is 5.91 Å². The molecule has 1 aromatic carbocycles. The van der Waals surface area contributed by atoms with Gasteiger partial charge in [-0.05, 0) is 18.4 Å². The average Bonchev–Trinajstić information content (AvgIpc) is 3.16. The zero-order chi connectivity index (χ0) is 15.4. The van der Waals surface area contributed by atoms with Gasteiger partial charge in [-0.25, -0.2) is 4.98 Å². The van der Waals surface area contributed by atoms with Gasteiger partial charge in [0.05, 0.1) is 30.3 Å². The van der Waals surface area contributed by atoms with Gasteiger partial charge in [-0.1, -0.05) is 42.1 Å². The van der Waals surface area contributed by atoms with E-state index in [9.17, 15) is 4.79 Å². The number of nitrogens with two attached hydrogens (primary N) is 1. The van der Waals surface area contributed by atoms with Crippen LogP contribution in [0.4, 0.5) is 0 Å². The molecule has 0 bridgehead atoms. The van der Waals surface area contributed by atoms with Crippen molar-refractivity contribution in [3.63, 3.8) is 0 Å². The fourth-order valence-corrected chi connectivity index (χ4v) is 3.34. The highest BCUT2D eigenvalue weighted by Gasteiger charge is 2.20. The van der Waals surface area contributed by atoms with Crippen molar-refractivity contribution in [1.29, 1.82) is 0 Å². The summed E-state index contributed by atoms with van der Waals surface area (Å²) in [5.74, 6) is -0.102. The molecule has 2 aromatic rings. The number of hydrogen-bond acceptors (Lipinski definition) is 4. The number of rotatable bonds is 6. The molecule has 0 radical (unpaired) electrons. The number of primary amides is 1. The van der Waals surface area contributed by atoms with Crippen LogP contribution in [0.15, 0.2) is 41.7 Å². The Hall–Kier alpha value is -1.79. The minimum Gasteiger partial charge on any atom is -0.376 e. The molecule has 0 saturated carbocycles. The topological polar surface area (TPSA) is 70.1 Å². The second-order valence-corrected chi connectivity index (χ2v) is 6.24. The number of amides is 1. The lowest BCUT2D eigenvalue weighted by Gasteiger charge is -2.15. The number of thioether (sulfide) groups is 1. The van der Waals surface area contributed by atoms with Gasteiger partial charge in [-0.3, -0.25) is 4.79 Å². The standard InChI is InChI=1S/C16H19N3O2S/c17-15(20)11-22-16-18-9-14(12-5-2-1-3-6-12)19(16)10-13-7-4-8-21-13/h1-3,5-6,9,13H,4,7-8,10-11H2,(H2,17,20)/t13-/m1/s1. The molecule has 1 aromatic heterocycles. The Morgan fingerprint density at radius 3 is 2.91 bits per heavy atom. The maximum absolute atomic E-state index is 11.0. The summed E-state index contributed by atoms with van der Waals surface area (Å²) in [6.07, 6.45) is 4.23. The smallest absolute Gasteiger partial charge is 0.227 e. The number of carbonyl (C=O) groups excluding carboxylic acids is 1. The van der Waals surface area contributed by atoms with E-state index >= 15 is 0 Å². The maximum Gasteiger partial charge on any atom is 0.227 e. The van der Waals surface area contributed by atoms with Crippen LogP contribution in [0.1, 0.15) is 12.8 Å². The van der Waals surface area contributed by atoms with Crippen molar-refractivity contribution in [3.05, 3.63) is 36.5 Å². The van der Waals surface area contributed by atoms with Gasteiger partial charge in [-0.15, -0.1) is 0 Å². The van der Waals surface area contributed by atoms with Crippen molar-refractivity contribution < 1.29 is 9.53 Å². The molecular formula is C16H19N3O2S. The highest BCUT2D eigenvalue weighted by Crippen LogP contribution is 2.28. The van der Waals surface area contributed by atoms with Crippen LogP contribution in [0.5, 0.6) is 0 Å². The van der Waals surface area contributed by atoms with E-state index in [1.807, 2.05) is 24.4 Å². The summed E-state index contributed by atoms with van der Waals surface area (Å²) in [6.45, 7) is 1.58. The third-order valence-electron chi connectivity index (χ3n) is 3.64. The normalized spacial score (nSPS) is 17.7. The largest absolute Gasteiger partial charge is 0.376 e. The summed E-state index contributed by atoms with van der Waals surface area (Å²) in [5, 5.41) is 0.813. The zero-order valence-corrected chi connectivity index (χ0v) is 13.1. The van der Waals surface area contributed by atoms with Crippen LogP contribution in [0.25, 0.3) is 11.3 Å². The summed E-state index contributed by atoms with van der Waals surface area (Å²) in [6, 6.07) is 10.1. The molecule has 0 aliphatic carbocycles. The van der Waals surface area contributed by atoms with Crippen LogP contribution in [0.2, 0.25) is 0 Å². The molecule has 2 heterocycles. The van der Waals surface area contributed by atoms with Crippen molar-refractivity contribution in [2.24, 2.45) is 5.73 Å². The van der Waals surface area contributed by atoms with E-state index in [2.05, 4.69) is 21.7 Å². The molecule has 0 spiro atoms. The van der Waals surface area contributed by atoms with E-state index in [-0.39, 0.29) is 17.8 Å². The molecular weight excluding hydrogens is 298 g/mol. The third kappa shape index (κ3) is 3.51. The Kier molecular flexibility index (Phi) is 4.80. The van der Waals surface area contributed by atoms with Gasteiger partial charge >= 0.3 is 0 Å². The summed E-state index contributed by atoms with van der Waals surface area (Å²) in [7, 11) is 0. The Labute approximate surface area is 133 Å². The van der Waals surface area contributed by atoms with Crippen molar-refractivity contribution >= 4 is 17.7 Å². The van der Waals surface area contributed by atoms with Crippen molar-refractivity contribution in [1.82, 2.24) is 9.55 Å². The van der Waals surface area contributed by atoms with Gasteiger partial charge in [0, 0.05) is 6.61 Å².